The molecule has 2 aromatic carbocycles. The second kappa shape index (κ2) is 10.3. The second-order valence-electron chi connectivity index (χ2n) is 6.35. The molecular weight excluding hydrogens is 372 g/mol. The van der Waals surface area contributed by atoms with Crippen LogP contribution < -0.4 is 15.3 Å². The van der Waals surface area contributed by atoms with Crippen LogP contribution in [-0.2, 0) is 6.54 Å². The fraction of sp³-hybridized carbons (Fsp3) is 0.227. The minimum absolute atomic E-state index is 0.172. The van der Waals surface area contributed by atoms with Gasteiger partial charge in [0.15, 0.2) is 0 Å². The highest BCUT2D eigenvalue weighted by Crippen LogP contribution is 2.32. The molecular formula is C22H26N2O5. The molecule has 0 aliphatic rings. The molecule has 3 N–H and O–H groups in total. The van der Waals surface area contributed by atoms with Gasteiger partial charge in [-0.1, -0.05) is 24.3 Å². The Morgan fingerprint density at radius 2 is 1.76 bits per heavy atom. The van der Waals surface area contributed by atoms with E-state index in [0.717, 1.165) is 17.9 Å². The zero-order valence-corrected chi connectivity index (χ0v) is 17.0. The number of nitrogens with two attached hydrogens (primary N) is 1. The average molecular weight is 398 g/mol. The van der Waals surface area contributed by atoms with Crippen molar-refractivity contribution in [2.45, 2.75) is 13.5 Å². The van der Waals surface area contributed by atoms with Crippen molar-refractivity contribution in [2.75, 3.05) is 21.3 Å². The zero-order chi connectivity index (χ0) is 21.4. The van der Waals surface area contributed by atoms with Crippen molar-refractivity contribution in [1.29, 1.82) is 0 Å². The first-order chi connectivity index (χ1) is 13.8. The highest BCUT2D eigenvalue weighted by Gasteiger charge is 2.16. The normalized spacial score (nSPS) is 10.3. The van der Waals surface area contributed by atoms with Gasteiger partial charge in [0, 0.05) is 13.6 Å². The van der Waals surface area contributed by atoms with Crippen LogP contribution in [0.2, 0.25) is 0 Å². The molecule has 0 saturated carbocycles. The average Bonchev–Trinajstić information content (AvgIpc) is 3.10. The molecule has 0 atom stereocenters. The molecule has 3 rings (SSSR count). The number of aromatic carboxylic acids is 1. The predicted molar refractivity (Wildman–Crippen MR) is 111 cm³/mol. The highest BCUT2D eigenvalue weighted by molar-refractivity contribution is 5.90. The van der Waals surface area contributed by atoms with E-state index in [2.05, 4.69) is 0 Å². The Morgan fingerprint density at radius 3 is 2.28 bits per heavy atom. The summed E-state index contributed by atoms with van der Waals surface area (Å²) in [5.74, 6) is 6.91. The van der Waals surface area contributed by atoms with Crippen LogP contribution in [-0.4, -0.2) is 37.4 Å². The molecule has 29 heavy (non-hydrogen) atoms. The molecule has 0 radical (unpaired) electrons. The molecule has 0 bridgehead atoms. The van der Waals surface area contributed by atoms with Crippen LogP contribution in [0.1, 0.15) is 21.7 Å². The Labute approximate surface area is 170 Å². The largest absolute Gasteiger partial charge is 0.497 e. The van der Waals surface area contributed by atoms with Gasteiger partial charge in [-0.25, -0.2) is 9.80 Å². The smallest absolute Gasteiger partial charge is 0.339 e. The number of aryl methyl sites for hydroxylation is 1. The Balaban J connectivity index is 0.000000221. The number of methoxy groups -OCH3 is 2. The summed E-state index contributed by atoms with van der Waals surface area (Å²) < 4.78 is 15.7. The summed E-state index contributed by atoms with van der Waals surface area (Å²) >= 11 is 0. The molecule has 0 saturated heterocycles. The molecule has 0 unspecified atom stereocenters. The first-order valence-corrected chi connectivity index (χ1v) is 8.91. The molecule has 154 valence electrons. The van der Waals surface area contributed by atoms with Gasteiger partial charge >= 0.3 is 5.97 Å². The van der Waals surface area contributed by atoms with E-state index in [-0.39, 0.29) is 5.56 Å². The van der Waals surface area contributed by atoms with Gasteiger partial charge in [-0.2, -0.15) is 0 Å². The van der Waals surface area contributed by atoms with Crippen LogP contribution in [0.25, 0.3) is 11.3 Å². The number of carbonyl (C=O) groups is 1. The van der Waals surface area contributed by atoms with Gasteiger partial charge in [0.25, 0.3) is 0 Å². The third-order valence-corrected chi connectivity index (χ3v) is 4.11. The van der Waals surface area contributed by atoms with E-state index in [0.29, 0.717) is 17.3 Å². The molecule has 0 aliphatic heterocycles. The lowest BCUT2D eigenvalue weighted by Gasteiger charge is -2.09. The van der Waals surface area contributed by atoms with E-state index in [4.69, 9.17) is 24.8 Å². The lowest BCUT2D eigenvalue weighted by Crippen LogP contribution is -2.24. The summed E-state index contributed by atoms with van der Waals surface area (Å²) in [5, 5.41) is 10.6. The number of hydrogen-bond donors (Lipinski definition) is 2. The number of nitrogens with zero attached hydrogens (tertiary/aromatic N) is 1. The van der Waals surface area contributed by atoms with Crippen LogP contribution in [0.15, 0.2) is 59.0 Å². The maximum absolute atomic E-state index is 10.9. The van der Waals surface area contributed by atoms with E-state index in [1.165, 1.54) is 11.6 Å². The first kappa shape index (κ1) is 22.0. The van der Waals surface area contributed by atoms with Gasteiger partial charge in [0.05, 0.1) is 19.8 Å². The molecule has 7 heteroatoms. The molecule has 0 aliphatic carbocycles. The Kier molecular flexibility index (Phi) is 7.82. The number of hydrazine groups is 1. The molecule has 7 nitrogen and oxygen atoms in total. The van der Waals surface area contributed by atoms with Crippen LogP contribution >= 0.6 is 0 Å². The van der Waals surface area contributed by atoms with Crippen LogP contribution in [0.3, 0.4) is 0 Å². The fourth-order valence-electron chi connectivity index (χ4n) is 2.69. The van der Waals surface area contributed by atoms with Crippen molar-refractivity contribution in [2.24, 2.45) is 5.84 Å². The van der Waals surface area contributed by atoms with Gasteiger partial charge < -0.3 is 19.0 Å². The minimum atomic E-state index is -0.993. The third-order valence-electron chi connectivity index (χ3n) is 4.11. The van der Waals surface area contributed by atoms with Gasteiger partial charge in [0.2, 0.25) is 0 Å². The number of carboxylic acid groups (broad SMARTS) is 1. The highest BCUT2D eigenvalue weighted by atomic mass is 16.5. The van der Waals surface area contributed by atoms with Crippen molar-refractivity contribution in [3.63, 3.8) is 0 Å². The number of benzene rings is 2. The SMILES string of the molecule is COc1ccc(CN(C)N)cc1.COc1ccccc1-c1cc(C(=O)O)c(C)o1. The van der Waals surface area contributed by atoms with Crippen LogP contribution in [0.4, 0.5) is 0 Å². The summed E-state index contributed by atoms with van der Waals surface area (Å²) in [6, 6.07) is 16.7. The maximum Gasteiger partial charge on any atom is 0.339 e. The number of carboxylic acids is 1. The molecule has 0 fully saturated rings. The minimum Gasteiger partial charge on any atom is -0.497 e. The predicted octanol–water partition coefficient (Wildman–Crippen LogP) is 3.96. The van der Waals surface area contributed by atoms with Gasteiger partial charge in [-0.15, -0.1) is 0 Å². The maximum atomic E-state index is 10.9. The zero-order valence-electron chi connectivity index (χ0n) is 17.0. The van der Waals surface area contributed by atoms with E-state index >= 15 is 0 Å². The van der Waals surface area contributed by atoms with Gasteiger partial charge in [0.1, 0.15) is 28.6 Å². The van der Waals surface area contributed by atoms with E-state index in [1.54, 1.807) is 32.2 Å². The summed E-state index contributed by atoms with van der Waals surface area (Å²) in [7, 11) is 5.06. The number of furan rings is 1. The van der Waals surface area contributed by atoms with Crippen LogP contribution in [0.5, 0.6) is 11.5 Å². The molecule has 3 aromatic rings. The molecule has 0 spiro atoms. The van der Waals surface area contributed by atoms with Gasteiger partial charge in [-0.3, -0.25) is 5.84 Å². The third kappa shape index (κ3) is 6.10. The first-order valence-electron chi connectivity index (χ1n) is 8.91. The molecule has 1 heterocycles. The lowest BCUT2D eigenvalue weighted by molar-refractivity contribution is 0.0695. The standard InChI is InChI=1S/C13H12O4.C9H14N2O/c1-8-10(13(14)15)7-12(17-8)9-5-3-4-6-11(9)16-2;1-11(10)7-8-3-5-9(12-2)6-4-8/h3-7H,1-2H3,(H,14,15);3-6H,7,10H2,1-2H3. The summed E-state index contributed by atoms with van der Waals surface area (Å²) in [4.78, 5) is 10.9. The Bertz CT molecular complexity index is 933. The Hall–Kier alpha value is -3.29. The Morgan fingerprint density at radius 1 is 1.10 bits per heavy atom. The van der Waals surface area contributed by atoms with Crippen molar-refractivity contribution in [3.05, 3.63) is 71.5 Å². The lowest BCUT2D eigenvalue weighted by atomic mass is 10.1. The summed E-state index contributed by atoms with van der Waals surface area (Å²) in [5.41, 5.74) is 2.09. The van der Waals surface area contributed by atoms with Crippen LogP contribution in [0, 0.1) is 6.92 Å². The van der Waals surface area contributed by atoms with Crippen molar-refractivity contribution >= 4 is 5.97 Å². The molecule has 1 aromatic heterocycles. The van der Waals surface area contributed by atoms with Gasteiger partial charge in [-0.05, 0) is 42.8 Å². The topological polar surface area (TPSA) is 98.2 Å². The fourth-order valence-corrected chi connectivity index (χ4v) is 2.69. The number of hydrogen-bond acceptors (Lipinski definition) is 6. The van der Waals surface area contributed by atoms with E-state index < -0.39 is 5.97 Å². The monoisotopic (exact) mass is 398 g/mol. The summed E-state index contributed by atoms with van der Waals surface area (Å²) in [6.07, 6.45) is 0. The second-order valence-corrected chi connectivity index (χ2v) is 6.35. The summed E-state index contributed by atoms with van der Waals surface area (Å²) in [6.45, 7) is 2.38. The number of ether oxygens (including phenoxy) is 2. The van der Waals surface area contributed by atoms with E-state index in [9.17, 15) is 4.79 Å². The van der Waals surface area contributed by atoms with Crippen molar-refractivity contribution < 1.29 is 23.8 Å². The van der Waals surface area contributed by atoms with Crippen molar-refractivity contribution in [3.8, 4) is 22.8 Å². The van der Waals surface area contributed by atoms with E-state index in [1.807, 2.05) is 49.5 Å². The van der Waals surface area contributed by atoms with Crippen molar-refractivity contribution in [1.82, 2.24) is 5.01 Å². The number of rotatable bonds is 6. The number of para-hydroxylation sites is 1. The quantitative estimate of drug-likeness (QED) is 0.479. The molecule has 0 amide bonds.